The van der Waals surface area contributed by atoms with Crippen LogP contribution in [0.5, 0.6) is 0 Å². The first-order chi connectivity index (χ1) is 2.77. The molecule has 0 bridgehead atoms. The third kappa shape index (κ3) is 4.30. The van der Waals surface area contributed by atoms with Gasteiger partial charge in [-0.1, -0.05) is 27.7 Å². The molecule has 0 aliphatic carbocycles. The van der Waals surface area contributed by atoms with Gasteiger partial charge in [-0.15, -0.1) is 0 Å². The Bertz CT molecular complexity index is 55.5. The summed E-state index contributed by atoms with van der Waals surface area (Å²) in [5.74, 6) is 0. The van der Waals surface area contributed by atoms with Crippen molar-refractivity contribution in [2.45, 2.75) is 0 Å². The van der Waals surface area contributed by atoms with Gasteiger partial charge in [-0.25, -0.2) is 0 Å². The third-order valence-corrected chi connectivity index (χ3v) is 1.32. The summed E-state index contributed by atoms with van der Waals surface area (Å²) in [7, 11) is 0. The molecule has 0 aromatic carbocycles. The van der Waals surface area contributed by atoms with E-state index in [2.05, 4.69) is 15.9 Å². The third-order valence-electron chi connectivity index (χ3n) is 0.210. The number of amidine groups is 1. The number of nitrogens with two attached hydrogens (primary N) is 1. The van der Waals surface area contributed by atoms with E-state index < -0.39 is 0 Å². The zero-order valence-electron chi connectivity index (χ0n) is 3.07. The van der Waals surface area contributed by atoms with Crippen LogP contribution in [0.3, 0.4) is 0 Å². The lowest BCUT2D eigenvalue weighted by Gasteiger charge is -1.84. The Hall–Kier alpha value is 0.300. The van der Waals surface area contributed by atoms with Crippen LogP contribution in [0.15, 0.2) is 0 Å². The fourth-order valence-corrected chi connectivity index (χ4v) is 0.916. The second-order valence-corrected chi connectivity index (χ2v) is 2.94. The van der Waals surface area contributed by atoms with Crippen molar-refractivity contribution in [3.05, 3.63) is 0 Å². The predicted octanol–water partition coefficient (Wildman–Crippen LogP) is 0.965. The van der Waals surface area contributed by atoms with Crippen LogP contribution >= 0.6 is 27.7 Å². The van der Waals surface area contributed by atoms with Crippen molar-refractivity contribution in [3.8, 4) is 0 Å². The molecule has 0 aromatic rings. The highest BCUT2D eigenvalue weighted by atomic mass is 79.9. The molecule has 2 nitrogen and oxygen atoms in total. The number of hydrogen-bond acceptors (Lipinski definition) is 2. The fourth-order valence-electron chi connectivity index (χ4n) is 0.0588. The first kappa shape index (κ1) is 6.30. The van der Waals surface area contributed by atoms with Crippen molar-refractivity contribution in [1.82, 2.24) is 0 Å². The van der Waals surface area contributed by atoms with Gasteiger partial charge in [0.15, 0.2) is 5.17 Å². The number of hydrogen-bond donors (Lipinski definition) is 2. The van der Waals surface area contributed by atoms with Crippen molar-refractivity contribution in [2.75, 3.05) is 4.66 Å². The van der Waals surface area contributed by atoms with E-state index in [1.165, 1.54) is 11.8 Å². The molecular formula is C2H5BrN2S. The highest BCUT2D eigenvalue weighted by Gasteiger charge is 1.80. The Morgan fingerprint density at radius 2 is 2.50 bits per heavy atom. The quantitative estimate of drug-likeness (QED) is 0.349. The van der Waals surface area contributed by atoms with Crippen LogP contribution in [0.25, 0.3) is 0 Å². The lowest BCUT2D eigenvalue weighted by Crippen LogP contribution is -2.02. The van der Waals surface area contributed by atoms with Gasteiger partial charge in [0, 0.05) is 0 Å². The molecule has 0 aliphatic rings. The summed E-state index contributed by atoms with van der Waals surface area (Å²) in [5.41, 5.74) is 4.92. The molecule has 0 unspecified atom stereocenters. The van der Waals surface area contributed by atoms with Crippen LogP contribution in [-0.2, 0) is 0 Å². The van der Waals surface area contributed by atoms with Crippen LogP contribution in [0, 0.1) is 5.41 Å². The van der Waals surface area contributed by atoms with Crippen LogP contribution in [0.1, 0.15) is 0 Å². The van der Waals surface area contributed by atoms with Crippen LogP contribution < -0.4 is 5.73 Å². The van der Waals surface area contributed by atoms with Gasteiger partial charge < -0.3 is 5.73 Å². The number of rotatable bonds is 1. The molecule has 3 N–H and O–H groups in total. The van der Waals surface area contributed by atoms with Crippen molar-refractivity contribution < 1.29 is 0 Å². The maximum atomic E-state index is 6.61. The average molecular weight is 169 g/mol. The monoisotopic (exact) mass is 168 g/mol. The topological polar surface area (TPSA) is 49.9 Å². The van der Waals surface area contributed by atoms with E-state index >= 15 is 0 Å². The first-order valence-corrected chi connectivity index (χ1v) is 3.41. The molecule has 0 amide bonds. The maximum Gasteiger partial charge on any atom is 0.151 e. The van der Waals surface area contributed by atoms with Gasteiger partial charge in [-0.05, 0) is 0 Å². The summed E-state index contributed by atoms with van der Waals surface area (Å²) in [6.45, 7) is 0. The van der Waals surface area contributed by atoms with Gasteiger partial charge in [0.25, 0.3) is 0 Å². The Morgan fingerprint density at radius 1 is 2.00 bits per heavy atom. The molecular weight excluding hydrogens is 164 g/mol. The van der Waals surface area contributed by atoms with Crippen molar-refractivity contribution in [1.29, 1.82) is 5.41 Å². The minimum absolute atomic E-state index is 0.159. The van der Waals surface area contributed by atoms with Gasteiger partial charge in [0.05, 0.1) is 4.66 Å². The Kier molecular flexibility index (Phi) is 3.66. The zero-order valence-corrected chi connectivity index (χ0v) is 5.47. The van der Waals surface area contributed by atoms with Crippen molar-refractivity contribution in [2.24, 2.45) is 5.73 Å². The zero-order chi connectivity index (χ0) is 4.99. The van der Waals surface area contributed by atoms with E-state index in [1.54, 1.807) is 0 Å². The summed E-state index contributed by atoms with van der Waals surface area (Å²) >= 11 is 4.36. The average Bonchev–Trinajstić information content (AvgIpc) is 1.35. The summed E-state index contributed by atoms with van der Waals surface area (Å²) in [5, 5.41) is 6.76. The molecule has 4 heteroatoms. The lowest BCUT2D eigenvalue weighted by atomic mass is 11.4. The summed E-state index contributed by atoms with van der Waals surface area (Å²) in [6, 6.07) is 0. The molecule has 0 heterocycles. The van der Waals surface area contributed by atoms with Crippen LogP contribution in [-0.4, -0.2) is 9.83 Å². The highest BCUT2D eigenvalue weighted by molar-refractivity contribution is 9.11. The van der Waals surface area contributed by atoms with E-state index in [9.17, 15) is 0 Å². The molecule has 0 saturated carbocycles. The van der Waals surface area contributed by atoms with Crippen molar-refractivity contribution >= 4 is 32.9 Å². The molecule has 6 heavy (non-hydrogen) atoms. The second kappa shape index (κ2) is 3.49. The minimum atomic E-state index is 0.159. The second-order valence-electron chi connectivity index (χ2n) is 0.618. The SMILES string of the molecule is N=C(N)SCBr. The van der Waals surface area contributed by atoms with Gasteiger partial charge in [0.2, 0.25) is 0 Å². The van der Waals surface area contributed by atoms with Gasteiger partial charge in [-0.3, -0.25) is 5.41 Å². The number of thioether (sulfide) groups is 1. The Morgan fingerprint density at radius 3 is 2.50 bits per heavy atom. The predicted molar refractivity (Wildman–Crippen MR) is 33.3 cm³/mol. The Balaban J connectivity index is 2.83. The van der Waals surface area contributed by atoms with Gasteiger partial charge in [-0.2, -0.15) is 0 Å². The van der Waals surface area contributed by atoms with E-state index in [1.807, 2.05) is 0 Å². The maximum absolute atomic E-state index is 6.61. The molecule has 36 valence electrons. The lowest BCUT2D eigenvalue weighted by molar-refractivity contribution is 1.51. The number of nitrogens with one attached hydrogen (secondary N) is 1. The molecule has 0 spiro atoms. The summed E-state index contributed by atoms with van der Waals surface area (Å²) in [6.07, 6.45) is 0. The van der Waals surface area contributed by atoms with E-state index in [0.29, 0.717) is 4.66 Å². The fraction of sp³-hybridized carbons (Fsp3) is 0.500. The van der Waals surface area contributed by atoms with E-state index in [0.717, 1.165) is 0 Å². The largest absolute Gasteiger partial charge is 0.379 e. The molecule has 0 aliphatic heterocycles. The molecule has 0 rings (SSSR count). The van der Waals surface area contributed by atoms with E-state index in [-0.39, 0.29) is 5.17 Å². The molecule has 0 saturated heterocycles. The smallest absolute Gasteiger partial charge is 0.151 e. The van der Waals surface area contributed by atoms with Crippen LogP contribution in [0.2, 0.25) is 0 Å². The standard InChI is InChI=1S/C2H5BrN2S/c3-1-6-2(4)5/h1H2,(H3,4,5). The van der Waals surface area contributed by atoms with Crippen molar-refractivity contribution in [3.63, 3.8) is 0 Å². The van der Waals surface area contributed by atoms with Crippen LogP contribution in [0.4, 0.5) is 0 Å². The molecule has 0 atom stereocenters. The highest BCUT2D eigenvalue weighted by Crippen LogP contribution is 2.00. The molecule has 0 aromatic heterocycles. The number of alkyl halides is 1. The van der Waals surface area contributed by atoms with E-state index in [4.69, 9.17) is 11.1 Å². The summed E-state index contributed by atoms with van der Waals surface area (Å²) in [4.78, 5) is 0. The normalized spacial score (nSPS) is 8.17. The molecule has 0 radical (unpaired) electrons. The minimum Gasteiger partial charge on any atom is -0.379 e. The first-order valence-electron chi connectivity index (χ1n) is 1.30. The molecule has 0 fully saturated rings. The summed E-state index contributed by atoms with van der Waals surface area (Å²) < 4.78 is 0.711. The Labute approximate surface area is 49.1 Å². The number of halogens is 1. The van der Waals surface area contributed by atoms with Gasteiger partial charge in [0.1, 0.15) is 0 Å². The van der Waals surface area contributed by atoms with Gasteiger partial charge >= 0.3 is 0 Å².